The number of hydrogen-bond donors (Lipinski definition) is 2. The molecule has 5 rings (SSSR count). The smallest absolute Gasteiger partial charge is 0.263 e. The SMILES string of the molecule is CCOCc1cc(CNc2nc(C)nc(C)c2[C@@H](C)n2ccnc2)ccc1-c1ccccc1S(=O)(=O)Nc1noc(C)c1C. The molecule has 0 saturated carbocycles. The van der Waals surface area contributed by atoms with Crippen LogP contribution in [0.1, 0.15) is 59.4 Å². The van der Waals surface area contributed by atoms with Crippen molar-refractivity contribution in [2.75, 3.05) is 16.6 Å². The Bertz CT molecular complexity index is 1870. The first-order chi connectivity index (χ1) is 21.1. The van der Waals surface area contributed by atoms with Crippen molar-refractivity contribution in [3.05, 3.63) is 101 Å². The van der Waals surface area contributed by atoms with Crippen LogP contribution in [0.4, 0.5) is 11.6 Å². The Morgan fingerprint density at radius 1 is 1.02 bits per heavy atom. The Kier molecular flexibility index (Phi) is 9.12. The highest BCUT2D eigenvalue weighted by molar-refractivity contribution is 7.92. The van der Waals surface area contributed by atoms with Gasteiger partial charge in [-0.05, 0) is 64.3 Å². The lowest BCUT2D eigenvalue weighted by atomic mass is 9.97. The highest BCUT2D eigenvalue weighted by atomic mass is 32.2. The zero-order valence-electron chi connectivity index (χ0n) is 25.7. The number of anilines is 2. The van der Waals surface area contributed by atoms with Crippen molar-refractivity contribution in [3.8, 4) is 11.1 Å². The standard InChI is InChI=1S/C32H37N7O4S/c1-7-42-18-26-16-25(17-34-32-30(21(3)35-24(6)36-32)22(4)39-15-14-33-19-39)12-13-27(26)28-10-8-9-11-29(28)44(40,41)38-31-20(2)23(5)43-37-31/h8-16,19,22H,7,17-18H2,1-6H3,(H,37,38)(H,34,35,36)/t22-/m1/s1. The number of ether oxygens (including phenoxy) is 1. The predicted octanol–water partition coefficient (Wildman–Crippen LogP) is 6.12. The molecule has 3 heterocycles. The first kappa shape index (κ1) is 30.9. The van der Waals surface area contributed by atoms with Crippen molar-refractivity contribution in [3.63, 3.8) is 0 Å². The fourth-order valence-electron chi connectivity index (χ4n) is 5.16. The summed E-state index contributed by atoms with van der Waals surface area (Å²) in [6.45, 7) is 12.7. The quantitative estimate of drug-likeness (QED) is 0.170. The second-order valence-electron chi connectivity index (χ2n) is 10.6. The molecule has 0 spiro atoms. The molecule has 0 saturated heterocycles. The third-order valence-electron chi connectivity index (χ3n) is 7.58. The zero-order chi connectivity index (χ0) is 31.4. The molecule has 230 valence electrons. The molecule has 1 atom stereocenters. The van der Waals surface area contributed by atoms with E-state index in [0.717, 1.165) is 33.8 Å². The van der Waals surface area contributed by atoms with Gasteiger partial charge in [0.1, 0.15) is 17.4 Å². The summed E-state index contributed by atoms with van der Waals surface area (Å²) >= 11 is 0. The number of aromatic nitrogens is 5. The molecule has 3 aromatic heterocycles. The summed E-state index contributed by atoms with van der Waals surface area (Å²) in [6.07, 6.45) is 5.47. The number of nitrogens with zero attached hydrogens (tertiary/aromatic N) is 5. The van der Waals surface area contributed by atoms with Crippen molar-refractivity contribution in [2.24, 2.45) is 0 Å². The summed E-state index contributed by atoms with van der Waals surface area (Å²) < 4.78 is 42.8. The minimum absolute atomic E-state index is 0.0199. The van der Waals surface area contributed by atoms with E-state index in [9.17, 15) is 8.42 Å². The number of nitrogens with one attached hydrogen (secondary N) is 2. The third kappa shape index (κ3) is 6.51. The Hall–Kier alpha value is -4.55. The molecule has 0 bridgehead atoms. The summed E-state index contributed by atoms with van der Waals surface area (Å²) in [5.41, 5.74) is 5.71. The minimum atomic E-state index is -3.98. The predicted molar refractivity (Wildman–Crippen MR) is 169 cm³/mol. The van der Waals surface area contributed by atoms with Crippen LogP contribution in [0.15, 0.2) is 70.6 Å². The number of imidazole rings is 1. The highest BCUT2D eigenvalue weighted by Gasteiger charge is 2.24. The monoisotopic (exact) mass is 615 g/mol. The van der Waals surface area contributed by atoms with E-state index in [1.165, 1.54) is 0 Å². The van der Waals surface area contributed by atoms with Gasteiger partial charge in [0.25, 0.3) is 10.0 Å². The van der Waals surface area contributed by atoms with E-state index >= 15 is 0 Å². The van der Waals surface area contributed by atoms with Gasteiger partial charge in [-0.3, -0.25) is 4.72 Å². The lowest BCUT2D eigenvalue weighted by Crippen LogP contribution is -2.15. The van der Waals surface area contributed by atoms with Gasteiger partial charge in [-0.2, -0.15) is 0 Å². The van der Waals surface area contributed by atoms with Crippen molar-refractivity contribution >= 4 is 21.7 Å². The molecule has 12 heteroatoms. The molecule has 0 fully saturated rings. The molecule has 2 N–H and O–H groups in total. The van der Waals surface area contributed by atoms with Crippen LogP contribution in [-0.2, 0) is 27.9 Å². The van der Waals surface area contributed by atoms with Crippen LogP contribution < -0.4 is 10.0 Å². The van der Waals surface area contributed by atoms with E-state index < -0.39 is 10.0 Å². The second-order valence-corrected chi connectivity index (χ2v) is 12.3. The Morgan fingerprint density at radius 2 is 1.82 bits per heavy atom. The maximum absolute atomic E-state index is 13.6. The van der Waals surface area contributed by atoms with Gasteiger partial charge in [-0.15, -0.1) is 0 Å². The lowest BCUT2D eigenvalue weighted by molar-refractivity contribution is 0.134. The van der Waals surface area contributed by atoms with E-state index in [-0.39, 0.29) is 16.8 Å². The normalized spacial score (nSPS) is 12.3. The average Bonchev–Trinajstić information content (AvgIpc) is 3.65. The number of sulfonamides is 1. The third-order valence-corrected chi connectivity index (χ3v) is 8.98. The Labute approximate surface area is 257 Å². The molecule has 0 aliphatic carbocycles. The molecule has 0 amide bonds. The fourth-order valence-corrected chi connectivity index (χ4v) is 6.44. The molecule has 44 heavy (non-hydrogen) atoms. The van der Waals surface area contributed by atoms with Gasteiger partial charge in [0, 0.05) is 47.9 Å². The number of aryl methyl sites for hydroxylation is 3. The van der Waals surface area contributed by atoms with Gasteiger partial charge >= 0.3 is 0 Å². The Morgan fingerprint density at radius 3 is 2.52 bits per heavy atom. The average molecular weight is 616 g/mol. The van der Waals surface area contributed by atoms with Crippen LogP contribution in [0.2, 0.25) is 0 Å². The van der Waals surface area contributed by atoms with E-state index in [1.807, 2.05) is 55.8 Å². The molecule has 0 aliphatic heterocycles. The van der Waals surface area contributed by atoms with Gasteiger partial charge in [0.05, 0.1) is 23.9 Å². The molecule has 11 nitrogen and oxygen atoms in total. The Balaban J connectivity index is 1.47. The summed E-state index contributed by atoms with van der Waals surface area (Å²) in [6, 6.07) is 12.9. The summed E-state index contributed by atoms with van der Waals surface area (Å²) in [5, 5.41) is 7.40. The molecule has 0 aliphatic rings. The first-order valence-corrected chi connectivity index (χ1v) is 15.9. The molecular weight excluding hydrogens is 578 g/mol. The number of rotatable bonds is 12. The topological polar surface area (TPSA) is 137 Å². The number of benzene rings is 2. The van der Waals surface area contributed by atoms with Gasteiger partial charge in [-0.25, -0.2) is 23.4 Å². The van der Waals surface area contributed by atoms with Crippen molar-refractivity contribution < 1.29 is 17.7 Å². The van der Waals surface area contributed by atoms with Gasteiger partial charge < -0.3 is 19.1 Å². The fraction of sp³-hybridized carbons (Fsp3) is 0.312. The van der Waals surface area contributed by atoms with Gasteiger partial charge in [0.15, 0.2) is 5.82 Å². The summed E-state index contributed by atoms with van der Waals surface area (Å²) in [5.74, 6) is 2.16. The first-order valence-electron chi connectivity index (χ1n) is 14.4. The summed E-state index contributed by atoms with van der Waals surface area (Å²) in [4.78, 5) is 13.7. The van der Waals surface area contributed by atoms with E-state index in [0.29, 0.717) is 42.5 Å². The second kappa shape index (κ2) is 13.0. The zero-order valence-corrected chi connectivity index (χ0v) is 26.6. The molecule has 2 aromatic carbocycles. The summed E-state index contributed by atoms with van der Waals surface area (Å²) in [7, 11) is -3.98. The largest absolute Gasteiger partial charge is 0.377 e. The van der Waals surface area contributed by atoms with Crippen LogP contribution in [0.25, 0.3) is 11.1 Å². The molecule has 0 unspecified atom stereocenters. The van der Waals surface area contributed by atoms with Crippen LogP contribution in [-0.4, -0.2) is 39.7 Å². The maximum atomic E-state index is 13.6. The van der Waals surface area contributed by atoms with Gasteiger partial charge in [-0.1, -0.05) is 41.6 Å². The van der Waals surface area contributed by atoms with E-state index in [4.69, 9.17) is 14.2 Å². The van der Waals surface area contributed by atoms with E-state index in [1.54, 1.807) is 44.6 Å². The van der Waals surface area contributed by atoms with Gasteiger partial charge in [0.2, 0.25) is 0 Å². The molecular formula is C32H37N7O4S. The van der Waals surface area contributed by atoms with Crippen LogP contribution in [0.5, 0.6) is 0 Å². The van der Waals surface area contributed by atoms with Crippen LogP contribution >= 0.6 is 0 Å². The minimum Gasteiger partial charge on any atom is -0.377 e. The number of hydrogen-bond acceptors (Lipinski definition) is 9. The maximum Gasteiger partial charge on any atom is 0.263 e. The van der Waals surface area contributed by atoms with E-state index in [2.05, 4.69) is 32.1 Å². The van der Waals surface area contributed by atoms with Crippen molar-refractivity contribution in [2.45, 2.75) is 65.6 Å². The van der Waals surface area contributed by atoms with Crippen molar-refractivity contribution in [1.29, 1.82) is 0 Å². The van der Waals surface area contributed by atoms with Crippen LogP contribution in [0, 0.1) is 27.7 Å². The lowest BCUT2D eigenvalue weighted by Gasteiger charge is -2.21. The highest BCUT2D eigenvalue weighted by Crippen LogP contribution is 2.33. The van der Waals surface area contributed by atoms with Crippen molar-refractivity contribution in [1.82, 2.24) is 24.7 Å². The molecule has 5 aromatic rings. The molecule has 0 radical (unpaired) electrons. The van der Waals surface area contributed by atoms with Crippen LogP contribution in [0.3, 0.4) is 0 Å².